The van der Waals surface area contributed by atoms with Crippen LogP contribution in [0.1, 0.15) is 50.3 Å². The van der Waals surface area contributed by atoms with Crippen molar-refractivity contribution >= 4 is 11.8 Å². The number of nitrogens with zero attached hydrogens (tertiary/aromatic N) is 5. The summed E-state index contributed by atoms with van der Waals surface area (Å²) in [6.07, 6.45) is 6.99. The van der Waals surface area contributed by atoms with E-state index in [4.69, 9.17) is 10.7 Å². The SMILES string of the molecule is CCNC(=NCCCc1nn(-c2ccccc2)c(N)c1C#N)N1CC2CCCCC2C1. The Labute approximate surface area is 184 Å². The molecule has 2 unspecified atom stereocenters. The molecule has 1 aromatic heterocycles. The zero-order chi connectivity index (χ0) is 21.6. The van der Waals surface area contributed by atoms with E-state index >= 15 is 0 Å². The molecule has 2 aromatic rings. The van der Waals surface area contributed by atoms with Crippen LogP contribution in [0.15, 0.2) is 35.3 Å². The molecule has 4 rings (SSSR count). The fourth-order valence-electron chi connectivity index (χ4n) is 4.98. The second-order valence-electron chi connectivity index (χ2n) is 8.61. The molecule has 1 aliphatic carbocycles. The van der Waals surface area contributed by atoms with Crippen LogP contribution in [0.5, 0.6) is 0 Å². The van der Waals surface area contributed by atoms with Gasteiger partial charge in [-0.3, -0.25) is 4.99 Å². The van der Waals surface area contributed by atoms with Crippen LogP contribution in [-0.2, 0) is 6.42 Å². The maximum atomic E-state index is 9.59. The third-order valence-electron chi connectivity index (χ3n) is 6.55. The van der Waals surface area contributed by atoms with Crippen LogP contribution < -0.4 is 11.1 Å². The van der Waals surface area contributed by atoms with E-state index in [1.165, 1.54) is 25.7 Å². The number of nitrogens with one attached hydrogen (secondary N) is 1. The van der Waals surface area contributed by atoms with Crippen LogP contribution in [0.4, 0.5) is 5.82 Å². The van der Waals surface area contributed by atoms with Gasteiger partial charge in [0.15, 0.2) is 5.96 Å². The van der Waals surface area contributed by atoms with Crippen molar-refractivity contribution in [2.24, 2.45) is 16.8 Å². The van der Waals surface area contributed by atoms with Gasteiger partial charge in [-0.2, -0.15) is 10.4 Å². The van der Waals surface area contributed by atoms with Crippen molar-refractivity contribution in [1.29, 1.82) is 5.26 Å². The number of anilines is 1. The number of fused-ring (bicyclic) bond motifs is 1. The number of aliphatic imine (C=N–C) groups is 1. The normalized spacial score (nSPS) is 21.0. The monoisotopic (exact) mass is 419 g/mol. The quantitative estimate of drug-likeness (QED) is 0.425. The Hall–Kier alpha value is -3.01. The molecule has 0 spiro atoms. The summed E-state index contributed by atoms with van der Waals surface area (Å²) in [6.45, 7) is 5.97. The Morgan fingerprint density at radius 2 is 1.94 bits per heavy atom. The van der Waals surface area contributed by atoms with E-state index in [9.17, 15) is 5.26 Å². The number of guanidine groups is 1. The molecule has 1 aliphatic heterocycles. The molecular formula is C24H33N7. The van der Waals surface area contributed by atoms with E-state index in [0.717, 1.165) is 55.2 Å². The summed E-state index contributed by atoms with van der Waals surface area (Å²) in [6, 6.07) is 11.9. The van der Waals surface area contributed by atoms with Gasteiger partial charge >= 0.3 is 0 Å². The maximum absolute atomic E-state index is 9.59. The summed E-state index contributed by atoms with van der Waals surface area (Å²) in [4.78, 5) is 7.35. The highest BCUT2D eigenvalue weighted by Crippen LogP contribution is 2.36. The van der Waals surface area contributed by atoms with Gasteiger partial charge in [-0.15, -0.1) is 0 Å². The van der Waals surface area contributed by atoms with Crippen molar-refractivity contribution in [1.82, 2.24) is 20.0 Å². The van der Waals surface area contributed by atoms with Crippen molar-refractivity contribution in [2.45, 2.75) is 45.4 Å². The van der Waals surface area contributed by atoms with Crippen molar-refractivity contribution in [3.63, 3.8) is 0 Å². The van der Waals surface area contributed by atoms with Crippen LogP contribution in [0.25, 0.3) is 5.69 Å². The summed E-state index contributed by atoms with van der Waals surface area (Å²) in [5.74, 6) is 3.10. The molecular weight excluding hydrogens is 386 g/mol. The number of aryl methyl sites for hydroxylation is 1. The standard InChI is InChI=1S/C24H33N7/c1-2-27-24(30-16-18-9-6-7-10-19(18)17-30)28-14-8-13-22-21(15-25)23(26)31(29-22)20-11-4-3-5-12-20/h3-5,11-12,18-19H,2,6-10,13-14,16-17,26H2,1H3,(H,27,28). The zero-order valence-electron chi connectivity index (χ0n) is 18.4. The predicted octanol–water partition coefficient (Wildman–Crippen LogP) is 3.35. The number of hydrogen-bond donors (Lipinski definition) is 2. The van der Waals surface area contributed by atoms with Crippen molar-refractivity contribution in [3.8, 4) is 11.8 Å². The minimum Gasteiger partial charge on any atom is -0.382 e. The molecule has 1 aromatic carbocycles. The number of hydrogen-bond acceptors (Lipinski definition) is 4. The number of nitriles is 1. The lowest BCUT2D eigenvalue weighted by Gasteiger charge is -2.22. The highest BCUT2D eigenvalue weighted by molar-refractivity contribution is 5.80. The molecule has 7 heteroatoms. The molecule has 0 radical (unpaired) electrons. The Kier molecular flexibility index (Phi) is 6.76. The van der Waals surface area contributed by atoms with E-state index < -0.39 is 0 Å². The third-order valence-corrected chi connectivity index (χ3v) is 6.55. The number of nitrogen functional groups attached to an aromatic ring is 1. The Morgan fingerprint density at radius 3 is 2.58 bits per heavy atom. The van der Waals surface area contributed by atoms with Gasteiger partial charge in [0, 0.05) is 26.2 Å². The first kappa shape index (κ1) is 21.2. The van der Waals surface area contributed by atoms with E-state index in [2.05, 4.69) is 28.3 Å². The number of rotatable bonds is 6. The lowest BCUT2D eigenvalue weighted by atomic mass is 9.82. The van der Waals surface area contributed by atoms with E-state index in [1.54, 1.807) is 4.68 Å². The molecule has 31 heavy (non-hydrogen) atoms. The summed E-state index contributed by atoms with van der Waals surface area (Å²) in [7, 11) is 0. The second kappa shape index (κ2) is 9.86. The lowest BCUT2D eigenvalue weighted by molar-refractivity contribution is 0.299. The fourth-order valence-corrected chi connectivity index (χ4v) is 4.98. The van der Waals surface area contributed by atoms with Gasteiger partial charge in [0.25, 0.3) is 0 Å². The molecule has 1 saturated carbocycles. The predicted molar refractivity (Wildman–Crippen MR) is 124 cm³/mol. The largest absolute Gasteiger partial charge is 0.382 e. The molecule has 0 amide bonds. The first-order valence-electron chi connectivity index (χ1n) is 11.6. The van der Waals surface area contributed by atoms with Crippen LogP contribution in [0, 0.1) is 23.2 Å². The molecule has 1 saturated heterocycles. The van der Waals surface area contributed by atoms with Gasteiger partial charge in [-0.05, 0) is 56.6 Å². The first-order chi connectivity index (χ1) is 15.2. The van der Waals surface area contributed by atoms with Gasteiger partial charge in [0.1, 0.15) is 17.5 Å². The minimum atomic E-state index is 0.403. The maximum Gasteiger partial charge on any atom is 0.193 e. The minimum absolute atomic E-state index is 0.403. The smallest absolute Gasteiger partial charge is 0.193 e. The Morgan fingerprint density at radius 1 is 1.23 bits per heavy atom. The van der Waals surface area contributed by atoms with Gasteiger partial charge in [-0.1, -0.05) is 31.0 Å². The molecule has 164 valence electrons. The Bertz CT molecular complexity index is 927. The average Bonchev–Trinajstić information content (AvgIpc) is 3.37. The highest BCUT2D eigenvalue weighted by atomic mass is 15.3. The number of nitrogens with two attached hydrogens (primary N) is 1. The van der Waals surface area contributed by atoms with Crippen LogP contribution in [-0.4, -0.2) is 46.8 Å². The molecule has 2 aliphatic rings. The molecule has 2 fully saturated rings. The highest BCUT2D eigenvalue weighted by Gasteiger charge is 2.35. The molecule has 2 heterocycles. The van der Waals surface area contributed by atoms with Gasteiger partial charge in [0.2, 0.25) is 0 Å². The molecule has 3 N–H and O–H groups in total. The molecule has 2 atom stereocenters. The Balaban J connectivity index is 1.40. The molecule has 7 nitrogen and oxygen atoms in total. The summed E-state index contributed by atoms with van der Waals surface area (Å²) >= 11 is 0. The zero-order valence-corrected chi connectivity index (χ0v) is 18.4. The average molecular weight is 420 g/mol. The van der Waals surface area contributed by atoms with Gasteiger partial charge in [0.05, 0.1) is 11.4 Å². The van der Waals surface area contributed by atoms with E-state index in [0.29, 0.717) is 24.3 Å². The van der Waals surface area contributed by atoms with E-state index in [1.807, 2.05) is 30.3 Å². The number of aromatic nitrogens is 2. The van der Waals surface area contributed by atoms with Crippen LogP contribution in [0.2, 0.25) is 0 Å². The third kappa shape index (κ3) is 4.68. The van der Waals surface area contributed by atoms with Crippen molar-refractivity contribution in [3.05, 3.63) is 41.6 Å². The topological polar surface area (TPSA) is 95.3 Å². The first-order valence-corrected chi connectivity index (χ1v) is 11.6. The van der Waals surface area contributed by atoms with E-state index in [-0.39, 0.29) is 0 Å². The number of para-hydroxylation sites is 1. The summed E-state index contributed by atoms with van der Waals surface area (Å²) in [5.41, 5.74) is 8.30. The number of benzene rings is 1. The van der Waals surface area contributed by atoms with Crippen LogP contribution >= 0.6 is 0 Å². The lowest BCUT2D eigenvalue weighted by Crippen LogP contribution is -2.40. The summed E-state index contributed by atoms with van der Waals surface area (Å²) < 4.78 is 1.66. The van der Waals surface area contributed by atoms with Crippen molar-refractivity contribution in [2.75, 3.05) is 31.9 Å². The summed E-state index contributed by atoms with van der Waals surface area (Å²) in [5, 5.41) is 17.7. The number of likely N-dealkylation sites (tertiary alicyclic amines) is 1. The fraction of sp³-hybridized carbons (Fsp3) is 0.542. The van der Waals surface area contributed by atoms with Crippen molar-refractivity contribution < 1.29 is 0 Å². The van der Waals surface area contributed by atoms with Crippen LogP contribution in [0.3, 0.4) is 0 Å². The second-order valence-corrected chi connectivity index (χ2v) is 8.61. The molecule has 0 bridgehead atoms. The van der Waals surface area contributed by atoms with Gasteiger partial charge in [-0.25, -0.2) is 4.68 Å². The van der Waals surface area contributed by atoms with Gasteiger partial charge < -0.3 is 16.0 Å².